The molecule has 0 spiro atoms. The fourth-order valence-corrected chi connectivity index (χ4v) is 1.84. The van der Waals surface area contributed by atoms with Gasteiger partial charge in [-0.05, 0) is 18.6 Å². The van der Waals surface area contributed by atoms with E-state index in [0.717, 1.165) is 0 Å². The number of thioether (sulfide) groups is 1. The Kier molecular flexibility index (Phi) is 5.45. The molecule has 1 aromatic rings. The highest BCUT2D eigenvalue weighted by atomic mass is 32.2. The highest BCUT2D eigenvalue weighted by molar-refractivity contribution is 8.13. The molecule has 18 heavy (non-hydrogen) atoms. The molecule has 0 saturated heterocycles. The van der Waals surface area contributed by atoms with Crippen molar-refractivity contribution in [2.45, 2.75) is 13.3 Å². The minimum absolute atomic E-state index is 0.0526. The van der Waals surface area contributed by atoms with Crippen LogP contribution in [0.25, 0.3) is 6.08 Å². The molecule has 5 heteroatoms. The monoisotopic (exact) mass is 266 g/mol. The molecule has 0 aliphatic heterocycles. The molecule has 0 aliphatic rings. The number of allylic oxidation sites excluding steroid dienone is 1. The molecule has 0 amide bonds. The molecule has 4 nitrogen and oxygen atoms in total. The lowest BCUT2D eigenvalue weighted by Crippen LogP contribution is -1.95. The second-order valence-electron chi connectivity index (χ2n) is 3.61. The summed E-state index contributed by atoms with van der Waals surface area (Å²) in [5.41, 5.74) is 0.615. The lowest BCUT2D eigenvalue weighted by molar-refractivity contribution is -0.109. The molecule has 0 fully saturated rings. The Morgan fingerprint density at radius 3 is 2.67 bits per heavy atom. The van der Waals surface area contributed by atoms with Crippen LogP contribution in [-0.4, -0.2) is 27.1 Å². The Bertz CT molecular complexity index is 480. The summed E-state index contributed by atoms with van der Waals surface area (Å²) < 4.78 is 0. The first-order valence-electron chi connectivity index (χ1n) is 5.37. The molecular weight excluding hydrogens is 252 g/mol. The van der Waals surface area contributed by atoms with E-state index in [9.17, 15) is 14.7 Å². The number of carboxylic acid groups (broad SMARTS) is 1. The number of carbonyl (C=O) groups excluding carboxylic acids is 1. The van der Waals surface area contributed by atoms with Gasteiger partial charge in [0.1, 0.15) is 5.75 Å². The smallest absolute Gasteiger partial charge is 0.335 e. The van der Waals surface area contributed by atoms with Crippen LogP contribution in [0.4, 0.5) is 0 Å². The van der Waals surface area contributed by atoms with Gasteiger partial charge in [-0.1, -0.05) is 30.0 Å². The SMILES string of the molecule is CC(=O)SCCC=Cc1ccc(C(=O)O)cc1O. The molecule has 0 bridgehead atoms. The molecule has 0 atom stereocenters. The van der Waals surface area contributed by atoms with Crippen LogP contribution < -0.4 is 0 Å². The second-order valence-corrected chi connectivity index (χ2v) is 4.88. The first-order valence-corrected chi connectivity index (χ1v) is 6.35. The van der Waals surface area contributed by atoms with Crippen LogP contribution in [-0.2, 0) is 4.79 Å². The summed E-state index contributed by atoms with van der Waals surface area (Å²) in [4.78, 5) is 21.3. The maximum Gasteiger partial charge on any atom is 0.335 e. The van der Waals surface area contributed by atoms with Gasteiger partial charge in [0.15, 0.2) is 5.12 Å². The molecule has 0 aromatic heterocycles. The van der Waals surface area contributed by atoms with Gasteiger partial charge in [0.2, 0.25) is 0 Å². The quantitative estimate of drug-likeness (QED) is 0.801. The summed E-state index contributed by atoms with van der Waals surface area (Å²) in [6.07, 6.45) is 4.26. The van der Waals surface area contributed by atoms with E-state index in [1.165, 1.54) is 30.8 Å². The Hall–Kier alpha value is -1.75. The molecule has 0 heterocycles. The number of hydrogen-bond acceptors (Lipinski definition) is 4. The lowest BCUT2D eigenvalue weighted by atomic mass is 10.1. The molecule has 0 radical (unpaired) electrons. The van der Waals surface area contributed by atoms with E-state index in [1.54, 1.807) is 12.1 Å². The molecule has 1 rings (SSSR count). The summed E-state index contributed by atoms with van der Waals surface area (Å²) in [6, 6.07) is 4.20. The predicted octanol–water partition coefficient (Wildman–Crippen LogP) is 2.77. The molecule has 0 unspecified atom stereocenters. The number of carboxylic acids is 1. The fourth-order valence-electron chi connectivity index (χ4n) is 1.30. The lowest BCUT2D eigenvalue weighted by Gasteiger charge is -2.00. The number of carbonyl (C=O) groups is 2. The van der Waals surface area contributed by atoms with Crippen molar-refractivity contribution >= 4 is 28.9 Å². The zero-order chi connectivity index (χ0) is 13.5. The number of benzene rings is 1. The van der Waals surface area contributed by atoms with Gasteiger partial charge < -0.3 is 10.2 Å². The van der Waals surface area contributed by atoms with Crippen LogP contribution in [0.15, 0.2) is 24.3 Å². The summed E-state index contributed by atoms with van der Waals surface area (Å²) in [5, 5.41) is 18.4. The van der Waals surface area contributed by atoms with Gasteiger partial charge in [0, 0.05) is 18.2 Å². The van der Waals surface area contributed by atoms with Gasteiger partial charge in [-0.25, -0.2) is 4.79 Å². The standard InChI is InChI=1S/C13H14O4S/c1-9(14)18-7-3-2-4-10-5-6-11(13(16)17)8-12(10)15/h2,4-6,8,15H,3,7H2,1H3,(H,16,17). The third-order valence-corrected chi connectivity index (χ3v) is 3.01. The van der Waals surface area contributed by atoms with Gasteiger partial charge in [-0.2, -0.15) is 0 Å². The maximum atomic E-state index is 10.7. The first kappa shape index (κ1) is 14.3. The van der Waals surface area contributed by atoms with E-state index < -0.39 is 5.97 Å². The van der Waals surface area contributed by atoms with Crippen molar-refractivity contribution < 1.29 is 19.8 Å². The zero-order valence-electron chi connectivity index (χ0n) is 9.92. The van der Waals surface area contributed by atoms with Crippen molar-refractivity contribution in [3.8, 4) is 5.75 Å². The van der Waals surface area contributed by atoms with Gasteiger partial charge >= 0.3 is 5.97 Å². The average Bonchev–Trinajstić information content (AvgIpc) is 2.29. The van der Waals surface area contributed by atoms with Crippen molar-refractivity contribution in [1.82, 2.24) is 0 Å². The van der Waals surface area contributed by atoms with Crippen LogP contribution >= 0.6 is 11.8 Å². The van der Waals surface area contributed by atoms with Crippen molar-refractivity contribution in [2.24, 2.45) is 0 Å². The fraction of sp³-hybridized carbons (Fsp3) is 0.231. The predicted molar refractivity (Wildman–Crippen MR) is 71.9 cm³/mol. The number of phenolic OH excluding ortho intramolecular Hbond substituents is 1. The first-order chi connectivity index (χ1) is 8.50. The Morgan fingerprint density at radius 1 is 1.39 bits per heavy atom. The number of hydrogen-bond donors (Lipinski definition) is 2. The molecule has 1 aromatic carbocycles. The van der Waals surface area contributed by atoms with Gasteiger partial charge in [-0.3, -0.25) is 4.79 Å². The third-order valence-electron chi connectivity index (χ3n) is 2.16. The molecule has 0 saturated carbocycles. The van der Waals surface area contributed by atoms with E-state index in [1.807, 2.05) is 6.08 Å². The van der Waals surface area contributed by atoms with E-state index >= 15 is 0 Å². The molecule has 2 N–H and O–H groups in total. The van der Waals surface area contributed by atoms with Crippen LogP contribution in [0.5, 0.6) is 5.75 Å². The van der Waals surface area contributed by atoms with E-state index in [4.69, 9.17) is 5.11 Å². The summed E-state index contributed by atoms with van der Waals surface area (Å²) in [6.45, 7) is 1.52. The van der Waals surface area contributed by atoms with E-state index in [0.29, 0.717) is 17.7 Å². The maximum absolute atomic E-state index is 10.7. The minimum atomic E-state index is -1.07. The topological polar surface area (TPSA) is 74.6 Å². The van der Waals surface area contributed by atoms with E-state index in [-0.39, 0.29) is 16.4 Å². The van der Waals surface area contributed by atoms with Gasteiger partial charge in [0.25, 0.3) is 0 Å². The Labute approximate surface area is 109 Å². The summed E-state index contributed by atoms with van der Waals surface area (Å²) >= 11 is 1.25. The van der Waals surface area contributed by atoms with Gasteiger partial charge in [-0.15, -0.1) is 0 Å². The number of aromatic carboxylic acids is 1. The molecular formula is C13H14O4S. The average molecular weight is 266 g/mol. The summed E-state index contributed by atoms with van der Waals surface area (Å²) in [5.74, 6) is -0.441. The Balaban J connectivity index is 2.59. The molecule has 0 aliphatic carbocycles. The van der Waals surface area contributed by atoms with Gasteiger partial charge in [0.05, 0.1) is 5.56 Å². The Morgan fingerprint density at radius 2 is 2.11 bits per heavy atom. The summed E-state index contributed by atoms with van der Waals surface area (Å²) in [7, 11) is 0. The number of aromatic hydroxyl groups is 1. The van der Waals surface area contributed by atoms with Crippen molar-refractivity contribution in [3.63, 3.8) is 0 Å². The largest absolute Gasteiger partial charge is 0.507 e. The van der Waals surface area contributed by atoms with Crippen molar-refractivity contribution in [3.05, 3.63) is 35.4 Å². The second kappa shape index (κ2) is 6.86. The van der Waals surface area contributed by atoms with Crippen molar-refractivity contribution in [1.29, 1.82) is 0 Å². The normalized spacial score (nSPS) is 10.7. The van der Waals surface area contributed by atoms with Crippen LogP contribution in [0.3, 0.4) is 0 Å². The van der Waals surface area contributed by atoms with Crippen LogP contribution in [0.2, 0.25) is 0 Å². The van der Waals surface area contributed by atoms with Crippen LogP contribution in [0.1, 0.15) is 29.3 Å². The highest BCUT2D eigenvalue weighted by Gasteiger charge is 2.05. The third kappa shape index (κ3) is 4.63. The van der Waals surface area contributed by atoms with E-state index in [2.05, 4.69) is 0 Å². The molecule has 96 valence electrons. The zero-order valence-corrected chi connectivity index (χ0v) is 10.7. The number of rotatable bonds is 5. The minimum Gasteiger partial charge on any atom is -0.507 e. The highest BCUT2D eigenvalue weighted by Crippen LogP contribution is 2.20. The van der Waals surface area contributed by atoms with Crippen LogP contribution in [0, 0.1) is 0 Å². The number of phenols is 1. The van der Waals surface area contributed by atoms with Crippen molar-refractivity contribution in [2.75, 3.05) is 5.75 Å².